The van der Waals surface area contributed by atoms with Crippen molar-refractivity contribution < 1.29 is 4.79 Å². The van der Waals surface area contributed by atoms with E-state index in [0.717, 1.165) is 37.4 Å². The summed E-state index contributed by atoms with van der Waals surface area (Å²) in [5, 5.41) is 7.72. The second kappa shape index (κ2) is 8.80. The van der Waals surface area contributed by atoms with Crippen LogP contribution >= 0.6 is 0 Å². The fraction of sp³-hybridized carbons (Fsp3) is 0.565. The third-order valence-electron chi connectivity index (χ3n) is 5.60. The minimum Gasteiger partial charge on any atom is -0.371 e. The molecule has 1 aromatic heterocycles. The quantitative estimate of drug-likeness (QED) is 0.759. The lowest BCUT2D eigenvalue weighted by Gasteiger charge is -2.20. The summed E-state index contributed by atoms with van der Waals surface area (Å²) in [5.74, 6) is 0.615. The number of aryl methyl sites for hydroxylation is 2. The van der Waals surface area contributed by atoms with E-state index in [2.05, 4.69) is 59.8 Å². The number of rotatable bonds is 7. The van der Waals surface area contributed by atoms with Crippen LogP contribution in [0.15, 0.2) is 18.2 Å². The van der Waals surface area contributed by atoms with Gasteiger partial charge in [0, 0.05) is 43.1 Å². The number of hydrogen-bond donors (Lipinski definition) is 1. The smallest absolute Gasteiger partial charge is 0.224 e. The molecule has 2 heterocycles. The Kier molecular flexibility index (Phi) is 6.42. The molecule has 3 rings (SSSR count). The highest BCUT2D eigenvalue weighted by Gasteiger charge is 2.16. The van der Waals surface area contributed by atoms with Crippen LogP contribution in [0.4, 0.5) is 11.4 Å². The van der Waals surface area contributed by atoms with Crippen molar-refractivity contribution in [3.63, 3.8) is 0 Å². The van der Waals surface area contributed by atoms with Crippen LogP contribution in [0.25, 0.3) is 0 Å². The molecule has 1 amide bonds. The first-order valence-corrected chi connectivity index (χ1v) is 10.5. The summed E-state index contributed by atoms with van der Waals surface area (Å²) in [6.07, 6.45) is 3.74. The van der Waals surface area contributed by atoms with Crippen LogP contribution < -0.4 is 10.2 Å². The van der Waals surface area contributed by atoms with Crippen molar-refractivity contribution in [1.29, 1.82) is 0 Å². The molecular weight excluding hydrogens is 348 g/mol. The first-order valence-electron chi connectivity index (χ1n) is 10.5. The van der Waals surface area contributed by atoms with Gasteiger partial charge in [-0.25, -0.2) is 0 Å². The Morgan fingerprint density at radius 1 is 1.18 bits per heavy atom. The fourth-order valence-corrected chi connectivity index (χ4v) is 4.13. The van der Waals surface area contributed by atoms with Gasteiger partial charge in [0.05, 0.1) is 5.69 Å². The number of anilines is 2. The predicted octanol–water partition coefficient (Wildman–Crippen LogP) is 4.64. The molecule has 0 bridgehead atoms. The molecular formula is C23H34N4O. The summed E-state index contributed by atoms with van der Waals surface area (Å²) in [5.41, 5.74) is 6.83. The van der Waals surface area contributed by atoms with E-state index in [9.17, 15) is 4.79 Å². The van der Waals surface area contributed by atoms with E-state index in [4.69, 9.17) is 0 Å². The van der Waals surface area contributed by atoms with E-state index in [1.807, 2.05) is 13.0 Å². The molecule has 1 N–H and O–H groups in total. The zero-order valence-electron chi connectivity index (χ0n) is 18.0. The largest absolute Gasteiger partial charge is 0.371 e. The van der Waals surface area contributed by atoms with Crippen molar-refractivity contribution in [2.45, 2.75) is 66.8 Å². The second-order valence-electron chi connectivity index (χ2n) is 8.47. The number of carbonyl (C=O) groups excluding carboxylic acids is 1. The Labute approximate surface area is 169 Å². The molecule has 1 aliphatic rings. The van der Waals surface area contributed by atoms with Gasteiger partial charge in [0.1, 0.15) is 0 Å². The number of nitrogens with one attached hydrogen (secondary N) is 1. The van der Waals surface area contributed by atoms with Crippen LogP contribution in [-0.4, -0.2) is 28.8 Å². The molecule has 0 radical (unpaired) electrons. The van der Waals surface area contributed by atoms with Gasteiger partial charge < -0.3 is 10.2 Å². The molecule has 0 saturated carbocycles. The fourth-order valence-electron chi connectivity index (χ4n) is 4.13. The van der Waals surface area contributed by atoms with Crippen molar-refractivity contribution in [2.75, 3.05) is 23.3 Å². The molecule has 1 aliphatic heterocycles. The predicted molar refractivity (Wildman–Crippen MR) is 116 cm³/mol. The zero-order valence-corrected chi connectivity index (χ0v) is 18.0. The molecule has 1 aromatic carbocycles. The van der Waals surface area contributed by atoms with Crippen LogP contribution in [-0.2, 0) is 17.8 Å². The van der Waals surface area contributed by atoms with Gasteiger partial charge in [-0.3, -0.25) is 9.48 Å². The summed E-state index contributed by atoms with van der Waals surface area (Å²) >= 11 is 0. The SMILES string of the molecule is Cc1cc(NC(=O)CCc2c(C)nn(CC(C)C)c2C)ccc1N1CCCC1. The number of nitrogens with zero attached hydrogens (tertiary/aromatic N) is 3. The molecule has 28 heavy (non-hydrogen) atoms. The lowest BCUT2D eigenvalue weighted by atomic mass is 10.1. The van der Waals surface area contributed by atoms with Gasteiger partial charge in [-0.2, -0.15) is 5.10 Å². The Hall–Kier alpha value is -2.30. The molecule has 5 nitrogen and oxygen atoms in total. The summed E-state index contributed by atoms with van der Waals surface area (Å²) in [6.45, 7) is 13.8. The third-order valence-corrected chi connectivity index (χ3v) is 5.60. The monoisotopic (exact) mass is 382 g/mol. The van der Waals surface area contributed by atoms with Crippen molar-refractivity contribution in [1.82, 2.24) is 9.78 Å². The highest BCUT2D eigenvalue weighted by atomic mass is 16.1. The van der Waals surface area contributed by atoms with Crippen LogP contribution in [0, 0.1) is 26.7 Å². The zero-order chi connectivity index (χ0) is 20.3. The Morgan fingerprint density at radius 3 is 2.54 bits per heavy atom. The average molecular weight is 383 g/mol. The Morgan fingerprint density at radius 2 is 1.89 bits per heavy atom. The minimum absolute atomic E-state index is 0.0590. The maximum Gasteiger partial charge on any atom is 0.224 e. The normalized spacial score (nSPS) is 14.1. The summed E-state index contributed by atoms with van der Waals surface area (Å²) in [7, 11) is 0. The summed E-state index contributed by atoms with van der Waals surface area (Å²) < 4.78 is 2.08. The molecule has 1 saturated heterocycles. The van der Waals surface area contributed by atoms with E-state index < -0.39 is 0 Å². The molecule has 0 spiro atoms. The summed E-state index contributed by atoms with van der Waals surface area (Å²) in [4.78, 5) is 14.9. The number of aromatic nitrogens is 2. The van der Waals surface area contributed by atoms with Crippen molar-refractivity contribution >= 4 is 17.3 Å². The van der Waals surface area contributed by atoms with Gasteiger partial charge >= 0.3 is 0 Å². The molecule has 152 valence electrons. The van der Waals surface area contributed by atoms with E-state index in [0.29, 0.717) is 12.3 Å². The third kappa shape index (κ3) is 4.75. The van der Waals surface area contributed by atoms with E-state index in [1.54, 1.807) is 0 Å². The van der Waals surface area contributed by atoms with Crippen molar-refractivity contribution in [3.05, 3.63) is 40.7 Å². The Bertz CT molecular complexity index is 831. The molecule has 0 atom stereocenters. The highest BCUT2D eigenvalue weighted by Crippen LogP contribution is 2.27. The van der Waals surface area contributed by atoms with E-state index in [-0.39, 0.29) is 5.91 Å². The van der Waals surface area contributed by atoms with E-state index >= 15 is 0 Å². The van der Waals surface area contributed by atoms with Crippen LogP contribution in [0.3, 0.4) is 0 Å². The van der Waals surface area contributed by atoms with Crippen LogP contribution in [0.2, 0.25) is 0 Å². The average Bonchev–Trinajstić information content (AvgIpc) is 3.23. The van der Waals surface area contributed by atoms with Crippen molar-refractivity contribution in [3.8, 4) is 0 Å². The van der Waals surface area contributed by atoms with Gasteiger partial charge in [-0.15, -0.1) is 0 Å². The van der Waals surface area contributed by atoms with Crippen LogP contribution in [0.5, 0.6) is 0 Å². The maximum atomic E-state index is 12.5. The lowest BCUT2D eigenvalue weighted by Crippen LogP contribution is -2.19. The molecule has 0 unspecified atom stereocenters. The standard InChI is InChI=1S/C23H34N4O/c1-16(2)15-27-19(5)21(18(4)25-27)9-11-23(28)24-20-8-10-22(17(3)14-20)26-12-6-7-13-26/h8,10,14,16H,6-7,9,11-13,15H2,1-5H3,(H,24,28). The number of hydrogen-bond acceptors (Lipinski definition) is 3. The lowest BCUT2D eigenvalue weighted by molar-refractivity contribution is -0.116. The minimum atomic E-state index is 0.0590. The molecule has 5 heteroatoms. The molecule has 0 aliphatic carbocycles. The first kappa shape index (κ1) is 20.4. The second-order valence-corrected chi connectivity index (χ2v) is 8.47. The molecule has 2 aromatic rings. The molecule has 1 fully saturated rings. The first-order chi connectivity index (χ1) is 13.3. The highest BCUT2D eigenvalue weighted by molar-refractivity contribution is 5.91. The van der Waals surface area contributed by atoms with Gasteiger partial charge in [0.2, 0.25) is 5.91 Å². The van der Waals surface area contributed by atoms with Crippen molar-refractivity contribution in [2.24, 2.45) is 5.92 Å². The topological polar surface area (TPSA) is 50.2 Å². The van der Waals surface area contributed by atoms with Gasteiger partial charge in [0.25, 0.3) is 0 Å². The summed E-state index contributed by atoms with van der Waals surface area (Å²) in [6, 6.07) is 6.25. The maximum absolute atomic E-state index is 12.5. The number of carbonyl (C=O) groups is 1. The number of benzene rings is 1. The van der Waals surface area contributed by atoms with E-state index in [1.165, 1.54) is 35.3 Å². The number of amides is 1. The Balaban J connectivity index is 1.59. The van der Waals surface area contributed by atoms with Gasteiger partial charge in [-0.05, 0) is 75.3 Å². The van der Waals surface area contributed by atoms with Gasteiger partial charge in [0.15, 0.2) is 0 Å². The van der Waals surface area contributed by atoms with Gasteiger partial charge in [-0.1, -0.05) is 13.8 Å². The van der Waals surface area contributed by atoms with Crippen LogP contribution in [0.1, 0.15) is 55.6 Å².